The number of hydrogen-bond acceptors (Lipinski definition) is 8. The molecule has 4 N–H and O–H groups in total. The van der Waals surface area contributed by atoms with Crippen molar-refractivity contribution in [1.29, 1.82) is 0 Å². The van der Waals surface area contributed by atoms with E-state index >= 15 is 0 Å². The molecule has 2 saturated heterocycles. The molecule has 0 radical (unpaired) electrons. The lowest BCUT2D eigenvalue weighted by atomic mass is 10.0. The number of halogens is 2. The molecular weight excluding hydrogens is 726 g/mol. The molecule has 14 nitrogen and oxygen atoms in total. The number of alkyl halides is 2. The Morgan fingerprint density at radius 1 is 0.643 bits per heavy atom. The predicted octanol–water partition coefficient (Wildman–Crippen LogP) is 6.12. The molecule has 4 aromatic rings. The third-order valence-corrected chi connectivity index (χ3v) is 10.4. The van der Waals surface area contributed by atoms with Crippen molar-refractivity contribution >= 4 is 24.0 Å². The maximum Gasteiger partial charge on any atom is 0.407 e. The SMILES string of the molecule is COC(=O)N[C@H](C(=O)N1C[C@H](F)C[C@H]1c1ncc(-c2ccc(-c3ccc(-c4cnc([C@@H]5C[C@@H](F)CN5C(=O)[C@@H](NC(=O)OC)C(C)C)[nH]4)cc3)cc2)[nH]1)C(C)C. The number of hydrogen-bond donors (Lipinski definition) is 4. The number of nitrogens with one attached hydrogen (secondary N) is 4. The number of ether oxygens (including phenoxy) is 2. The van der Waals surface area contributed by atoms with Gasteiger partial charge in [0.05, 0.1) is 63.2 Å². The molecule has 0 aliphatic carbocycles. The van der Waals surface area contributed by atoms with Crippen LogP contribution >= 0.6 is 0 Å². The van der Waals surface area contributed by atoms with Crippen LogP contribution < -0.4 is 10.6 Å². The zero-order chi connectivity index (χ0) is 40.3. The third kappa shape index (κ3) is 8.53. The number of carbonyl (C=O) groups excluding carboxylic acids is 4. The van der Waals surface area contributed by atoms with Crippen molar-refractivity contribution in [3.05, 3.63) is 72.6 Å². The summed E-state index contributed by atoms with van der Waals surface area (Å²) in [7, 11) is 2.44. The number of likely N-dealkylation sites (tertiary alicyclic amines) is 2. The molecule has 2 aliphatic rings. The number of methoxy groups -OCH3 is 2. The summed E-state index contributed by atoms with van der Waals surface area (Å²) < 4.78 is 38.8. The molecule has 6 atom stereocenters. The molecule has 0 bridgehead atoms. The van der Waals surface area contributed by atoms with Gasteiger partial charge in [-0.25, -0.2) is 28.3 Å². The van der Waals surface area contributed by atoms with E-state index in [1.807, 2.05) is 48.5 Å². The van der Waals surface area contributed by atoms with Crippen molar-refractivity contribution in [1.82, 2.24) is 40.4 Å². The molecule has 56 heavy (non-hydrogen) atoms. The number of aromatic amines is 2. The van der Waals surface area contributed by atoms with Crippen LogP contribution in [0.3, 0.4) is 0 Å². The molecule has 298 valence electrons. The van der Waals surface area contributed by atoms with E-state index in [0.29, 0.717) is 23.0 Å². The first-order valence-electron chi connectivity index (χ1n) is 18.7. The van der Waals surface area contributed by atoms with Gasteiger partial charge in [0, 0.05) is 12.8 Å². The monoisotopic (exact) mass is 774 g/mol. The molecule has 0 spiro atoms. The number of rotatable bonds is 11. The van der Waals surface area contributed by atoms with Gasteiger partial charge in [0.15, 0.2) is 0 Å². The van der Waals surface area contributed by atoms with Gasteiger partial charge in [-0.3, -0.25) is 9.59 Å². The van der Waals surface area contributed by atoms with Gasteiger partial charge in [0.2, 0.25) is 11.8 Å². The summed E-state index contributed by atoms with van der Waals surface area (Å²) in [6.45, 7) is 6.99. The van der Waals surface area contributed by atoms with Crippen LogP contribution in [0, 0.1) is 11.8 Å². The summed E-state index contributed by atoms with van der Waals surface area (Å²) in [5, 5.41) is 5.15. The number of benzene rings is 2. The van der Waals surface area contributed by atoms with E-state index in [4.69, 9.17) is 9.47 Å². The lowest BCUT2D eigenvalue weighted by Gasteiger charge is -2.29. The van der Waals surface area contributed by atoms with Gasteiger partial charge in [0.25, 0.3) is 0 Å². The Morgan fingerprint density at radius 2 is 0.982 bits per heavy atom. The fraction of sp³-hybridized carbons (Fsp3) is 0.450. The molecule has 4 amide bonds. The van der Waals surface area contributed by atoms with Crippen LogP contribution in [0.4, 0.5) is 18.4 Å². The van der Waals surface area contributed by atoms with Crippen molar-refractivity contribution < 1.29 is 37.4 Å². The Labute approximate surface area is 323 Å². The van der Waals surface area contributed by atoms with Crippen LogP contribution in [0.1, 0.15) is 64.3 Å². The number of aromatic nitrogens is 4. The summed E-state index contributed by atoms with van der Waals surface area (Å²) >= 11 is 0. The highest BCUT2D eigenvalue weighted by Crippen LogP contribution is 2.36. The van der Waals surface area contributed by atoms with Crippen LogP contribution in [0.15, 0.2) is 60.9 Å². The number of nitrogens with zero attached hydrogens (tertiary/aromatic N) is 4. The van der Waals surface area contributed by atoms with Gasteiger partial charge in [-0.15, -0.1) is 0 Å². The second kappa shape index (κ2) is 16.9. The smallest absolute Gasteiger partial charge is 0.407 e. The minimum Gasteiger partial charge on any atom is -0.453 e. The van der Waals surface area contributed by atoms with E-state index in [0.717, 1.165) is 22.3 Å². The van der Waals surface area contributed by atoms with E-state index in [1.165, 1.54) is 24.0 Å². The maximum atomic E-state index is 14.7. The summed E-state index contributed by atoms with van der Waals surface area (Å²) in [4.78, 5) is 69.3. The van der Waals surface area contributed by atoms with Gasteiger partial charge < -0.3 is 39.9 Å². The second-order valence-corrected chi connectivity index (χ2v) is 14.9. The van der Waals surface area contributed by atoms with E-state index in [2.05, 4.69) is 30.6 Å². The summed E-state index contributed by atoms with van der Waals surface area (Å²) in [6, 6.07) is 12.7. The van der Waals surface area contributed by atoms with Gasteiger partial charge in [-0.05, 0) is 34.1 Å². The highest BCUT2D eigenvalue weighted by atomic mass is 19.1. The fourth-order valence-corrected chi connectivity index (χ4v) is 7.32. The Kier molecular flexibility index (Phi) is 12.0. The van der Waals surface area contributed by atoms with Crippen LogP contribution in [0.2, 0.25) is 0 Å². The van der Waals surface area contributed by atoms with E-state index in [-0.39, 0.29) is 37.8 Å². The number of H-pyrrole nitrogens is 2. The number of imidazole rings is 2. The summed E-state index contributed by atoms with van der Waals surface area (Å²) in [5.41, 5.74) is 5.05. The molecule has 2 aromatic heterocycles. The summed E-state index contributed by atoms with van der Waals surface area (Å²) in [5.74, 6) is -0.369. The molecule has 2 fully saturated rings. The van der Waals surface area contributed by atoms with Crippen molar-refractivity contribution in [2.45, 2.75) is 77.0 Å². The van der Waals surface area contributed by atoms with Gasteiger partial charge in [-0.1, -0.05) is 76.2 Å². The Balaban J connectivity index is 1.13. The fourth-order valence-electron chi connectivity index (χ4n) is 7.32. The van der Waals surface area contributed by atoms with Crippen LogP contribution in [-0.2, 0) is 19.1 Å². The highest BCUT2D eigenvalue weighted by Gasteiger charge is 2.43. The van der Waals surface area contributed by atoms with Crippen LogP contribution in [0.25, 0.3) is 33.6 Å². The quantitative estimate of drug-likeness (QED) is 0.141. The van der Waals surface area contributed by atoms with Crippen LogP contribution in [-0.4, -0.2) is 105 Å². The molecule has 16 heteroatoms. The maximum absolute atomic E-state index is 14.7. The van der Waals surface area contributed by atoms with Crippen LogP contribution in [0.5, 0.6) is 0 Å². The number of carbonyl (C=O) groups is 4. The molecule has 0 saturated carbocycles. The van der Waals surface area contributed by atoms with Crippen molar-refractivity contribution in [3.8, 4) is 33.6 Å². The summed E-state index contributed by atoms with van der Waals surface area (Å²) in [6.07, 6.45) is -0.435. The van der Waals surface area contributed by atoms with Gasteiger partial charge in [0.1, 0.15) is 36.1 Å². The van der Waals surface area contributed by atoms with E-state index in [9.17, 15) is 28.0 Å². The van der Waals surface area contributed by atoms with E-state index < -0.39 is 60.5 Å². The number of alkyl carbamates (subject to hydrolysis) is 2. The van der Waals surface area contributed by atoms with Crippen molar-refractivity contribution in [2.75, 3.05) is 27.3 Å². The molecule has 6 rings (SSSR count). The standard InChI is InChI=1S/C40H48F2N8O6/c1-21(2)33(47-39(53)55-5)37(51)49-19-27(41)15-31(49)35-43-17-29(45-35)25-11-7-23(8-12-25)24-9-13-26(14-10-24)30-18-44-36(46-30)32-16-28(42)20-50(32)38(52)34(22(3)4)48-40(54)56-6/h7-14,17-18,21-22,27-28,31-34H,15-16,19-20H2,1-6H3,(H,43,45)(H,44,46)(H,47,53)(H,48,54)/t27-,28-,31+,32+,33+,34+/m1/s1. The minimum atomic E-state index is -1.23. The zero-order valence-corrected chi connectivity index (χ0v) is 32.2. The molecule has 2 aliphatic heterocycles. The lowest BCUT2D eigenvalue weighted by molar-refractivity contribution is -0.136. The first-order chi connectivity index (χ1) is 26.8. The molecule has 2 aromatic carbocycles. The Hall–Kier alpha value is -5.80. The van der Waals surface area contributed by atoms with Gasteiger partial charge >= 0.3 is 12.2 Å². The molecular formula is C40H48F2N8O6. The Morgan fingerprint density at radius 3 is 1.30 bits per heavy atom. The minimum absolute atomic E-state index is 0.0855. The lowest BCUT2D eigenvalue weighted by Crippen LogP contribution is -2.51. The second-order valence-electron chi connectivity index (χ2n) is 14.9. The normalized spacial score (nSPS) is 20.6. The third-order valence-electron chi connectivity index (χ3n) is 10.4. The van der Waals surface area contributed by atoms with Crippen molar-refractivity contribution in [2.24, 2.45) is 11.8 Å². The average molecular weight is 775 g/mol. The first kappa shape index (κ1) is 39.9. The first-order valence-corrected chi connectivity index (χ1v) is 18.7. The highest BCUT2D eigenvalue weighted by molar-refractivity contribution is 5.87. The predicted molar refractivity (Wildman–Crippen MR) is 203 cm³/mol. The largest absolute Gasteiger partial charge is 0.453 e. The Bertz CT molecular complexity index is 1870. The topological polar surface area (TPSA) is 175 Å². The average Bonchev–Trinajstić information content (AvgIpc) is 4.02. The molecule has 0 unspecified atom stereocenters. The number of amides is 4. The van der Waals surface area contributed by atoms with Crippen molar-refractivity contribution in [3.63, 3.8) is 0 Å². The van der Waals surface area contributed by atoms with E-state index in [1.54, 1.807) is 40.1 Å². The molecule has 4 heterocycles. The zero-order valence-electron chi connectivity index (χ0n) is 32.2. The van der Waals surface area contributed by atoms with Gasteiger partial charge in [-0.2, -0.15) is 0 Å².